The second-order valence-electron chi connectivity index (χ2n) is 5.85. The minimum Gasteiger partial charge on any atom is -0.314 e. The third-order valence-corrected chi connectivity index (χ3v) is 4.49. The maximum atomic E-state index is 13.1. The summed E-state index contributed by atoms with van der Waals surface area (Å²) >= 11 is 6.16. The van der Waals surface area contributed by atoms with Crippen molar-refractivity contribution in [3.05, 3.63) is 34.6 Å². The van der Waals surface area contributed by atoms with Crippen LogP contribution in [0, 0.1) is 11.7 Å². The summed E-state index contributed by atoms with van der Waals surface area (Å²) in [7, 11) is 0. The highest BCUT2D eigenvalue weighted by molar-refractivity contribution is 6.31. The summed E-state index contributed by atoms with van der Waals surface area (Å²) in [5, 5.41) is 4.10. The summed E-state index contributed by atoms with van der Waals surface area (Å²) in [6.07, 6.45) is 7.11. The van der Waals surface area contributed by atoms with Gasteiger partial charge in [-0.3, -0.25) is 0 Å². The Morgan fingerprint density at radius 1 is 1.24 bits per heavy atom. The number of halogens is 2. The number of rotatable bonds is 10. The van der Waals surface area contributed by atoms with Crippen molar-refractivity contribution in [2.75, 3.05) is 6.54 Å². The molecule has 2 unspecified atom stereocenters. The maximum Gasteiger partial charge on any atom is 0.124 e. The Labute approximate surface area is 134 Å². The zero-order valence-electron chi connectivity index (χ0n) is 13.6. The van der Waals surface area contributed by atoms with Crippen LogP contribution in [0.25, 0.3) is 0 Å². The lowest BCUT2D eigenvalue weighted by atomic mass is 9.89. The van der Waals surface area contributed by atoms with Crippen LogP contribution in [-0.4, -0.2) is 12.6 Å². The average Bonchev–Trinajstić information content (AvgIpc) is 2.46. The molecule has 21 heavy (non-hydrogen) atoms. The number of benzene rings is 1. The van der Waals surface area contributed by atoms with Gasteiger partial charge in [-0.05, 0) is 43.0 Å². The number of hydrogen-bond donors (Lipinski definition) is 1. The molecule has 3 heteroatoms. The minimum atomic E-state index is -0.266. The molecule has 0 radical (unpaired) electrons. The smallest absolute Gasteiger partial charge is 0.124 e. The molecular formula is C18H29ClFN. The molecule has 0 saturated heterocycles. The summed E-state index contributed by atoms with van der Waals surface area (Å²) in [6.45, 7) is 7.60. The van der Waals surface area contributed by atoms with Crippen molar-refractivity contribution in [2.45, 2.75) is 65.3 Å². The zero-order valence-corrected chi connectivity index (χ0v) is 14.3. The second-order valence-corrected chi connectivity index (χ2v) is 6.25. The topological polar surface area (TPSA) is 12.0 Å². The lowest BCUT2D eigenvalue weighted by Gasteiger charge is -2.24. The average molecular weight is 314 g/mol. The van der Waals surface area contributed by atoms with Crippen LogP contribution < -0.4 is 5.32 Å². The van der Waals surface area contributed by atoms with E-state index in [0.717, 1.165) is 30.9 Å². The van der Waals surface area contributed by atoms with Gasteiger partial charge in [-0.15, -0.1) is 0 Å². The van der Waals surface area contributed by atoms with Crippen LogP contribution in [-0.2, 0) is 6.42 Å². The van der Waals surface area contributed by atoms with Gasteiger partial charge in [0, 0.05) is 11.1 Å². The zero-order chi connectivity index (χ0) is 15.7. The molecule has 0 aromatic heterocycles. The first-order chi connectivity index (χ1) is 10.1. The van der Waals surface area contributed by atoms with Crippen molar-refractivity contribution in [3.8, 4) is 0 Å². The molecule has 1 aromatic carbocycles. The van der Waals surface area contributed by atoms with Gasteiger partial charge in [-0.1, -0.05) is 64.1 Å². The molecule has 0 amide bonds. The van der Waals surface area contributed by atoms with Crippen molar-refractivity contribution in [2.24, 2.45) is 5.92 Å². The van der Waals surface area contributed by atoms with Gasteiger partial charge < -0.3 is 5.32 Å². The van der Waals surface area contributed by atoms with Crippen LogP contribution in [0.1, 0.15) is 58.4 Å². The summed E-state index contributed by atoms with van der Waals surface area (Å²) in [5.74, 6) is 0.492. The van der Waals surface area contributed by atoms with E-state index in [4.69, 9.17) is 11.6 Å². The molecular weight excluding hydrogens is 285 g/mol. The largest absolute Gasteiger partial charge is 0.314 e. The minimum absolute atomic E-state index is 0.266. The highest BCUT2D eigenvalue weighted by Gasteiger charge is 2.16. The number of unbranched alkanes of at least 4 members (excludes halogenated alkanes) is 1. The van der Waals surface area contributed by atoms with Crippen molar-refractivity contribution < 1.29 is 4.39 Å². The van der Waals surface area contributed by atoms with Crippen molar-refractivity contribution >= 4 is 11.6 Å². The van der Waals surface area contributed by atoms with Crippen LogP contribution in [0.2, 0.25) is 5.02 Å². The van der Waals surface area contributed by atoms with Gasteiger partial charge >= 0.3 is 0 Å². The van der Waals surface area contributed by atoms with Crippen LogP contribution in [0.4, 0.5) is 4.39 Å². The van der Waals surface area contributed by atoms with E-state index in [9.17, 15) is 4.39 Å². The lowest BCUT2D eigenvalue weighted by Crippen LogP contribution is -2.33. The molecule has 1 aromatic rings. The Bertz CT molecular complexity index is 408. The predicted molar refractivity (Wildman–Crippen MR) is 90.5 cm³/mol. The highest BCUT2D eigenvalue weighted by atomic mass is 35.5. The molecule has 1 N–H and O–H groups in total. The Morgan fingerprint density at radius 3 is 2.57 bits per heavy atom. The van der Waals surface area contributed by atoms with E-state index >= 15 is 0 Å². The van der Waals surface area contributed by atoms with Gasteiger partial charge in [0.05, 0.1) is 0 Å². The second kappa shape index (κ2) is 10.2. The van der Waals surface area contributed by atoms with Gasteiger partial charge in [-0.25, -0.2) is 4.39 Å². The first kappa shape index (κ1) is 18.4. The predicted octanol–water partition coefficient (Wildman–Crippen LogP) is 5.61. The lowest BCUT2D eigenvalue weighted by molar-refractivity contribution is 0.350. The summed E-state index contributed by atoms with van der Waals surface area (Å²) < 4.78 is 13.1. The van der Waals surface area contributed by atoms with Gasteiger partial charge in [-0.2, -0.15) is 0 Å². The van der Waals surface area contributed by atoms with E-state index in [1.54, 1.807) is 0 Å². The Morgan fingerprint density at radius 2 is 2.00 bits per heavy atom. The van der Waals surface area contributed by atoms with E-state index in [1.165, 1.54) is 37.8 Å². The van der Waals surface area contributed by atoms with E-state index in [-0.39, 0.29) is 5.82 Å². The molecule has 0 bridgehead atoms. The molecule has 0 aliphatic rings. The van der Waals surface area contributed by atoms with Crippen LogP contribution >= 0.6 is 11.6 Å². The maximum absolute atomic E-state index is 13.1. The van der Waals surface area contributed by atoms with Crippen molar-refractivity contribution in [3.63, 3.8) is 0 Å². The molecule has 1 rings (SSSR count). The van der Waals surface area contributed by atoms with E-state index < -0.39 is 0 Å². The van der Waals surface area contributed by atoms with Gasteiger partial charge in [0.25, 0.3) is 0 Å². The Kier molecular flexibility index (Phi) is 8.94. The molecule has 0 aliphatic heterocycles. The molecule has 2 atom stereocenters. The third-order valence-electron chi connectivity index (χ3n) is 4.14. The first-order valence-electron chi connectivity index (χ1n) is 8.27. The van der Waals surface area contributed by atoms with Crippen LogP contribution in [0.15, 0.2) is 18.2 Å². The first-order valence-corrected chi connectivity index (χ1v) is 8.65. The van der Waals surface area contributed by atoms with Gasteiger partial charge in [0.2, 0.25) is 0 Å². The Hall–Kier alpha value is -0.600. The number of nitrogens with one attached hydrogen (secondary N) is 1. The highest BCUT2D eigenvalue weighted by Crippen LogP contribution is 2.23. The number of likely N-dealkylation sites (N-methyl/N-ethyl adjacent to an activating group) is 1. The Balaban J connectivity index is 2.67. The van der Waals surface area contributed by atoms with Gasteiger partial charge in [0.1, 0.15) is 5.82 Å². The number of hydrogen-bond acceptors (Lipinski definition) is 1. The fraction of sp³-hybridized carbons (Fsp3) is 0.667. The summed E-state index contributed by atoms with van der Waals surface area (Å²) in [6, 6.07) is 5.14. The monoisotopic (exact) mass is 313 g/mol. The molecule has 1 nitrogen and oxygen atoms in total. The van der Waals surface area contributed by atoms with Gasteiger partial charge in [0.15, 0.2) is 0 Å². The van der Waals surface area contributed by atoms with E-state index in [0.29, 0.717) is 11.1 Å². The van der Waals surface area contributed by atoms with E-state index in [1.807, 2.05) is 6.07 Å². The molecule has 120 valence electrons. The molecule has 0 fully saturated rings. The SMILES string of the molecule is CCCCC(CC)CC(Cc1ccc(F)cc1Cl)NCC. The quantitative estimate of drug-likeness (QED) is 0.592. The third kappa shape index (κ3) is 6.80. The van der Waals surface area contributed by atoms with Crippen LogP contribution in [0.5, 0.6) is 0 Å². The molecule has 0 heterocycles. The molecule has 0 aliphatic carbocycles. The fourth-order valence-corrected chi connectivity index (χ4v) is 3.11. The summed E-state index contributed by atoms with van der Waals surface area (Å²) in [5.41, 5.74) is 1.04. The van der Waals surface area contributed by atoms with E-state index in [2.05, 4.69) is 26.1 Å². The van der Waals surface area contributed by atoms with Crippen LogP contribution in [0.3, 0.4) is 0 Å². The molecule has 0 spiro atoms. The fourth-order valence-electron chi connectivity index (χ4n) is 2.86. The normalized spacial score (nSPS) is 14.1. The standard InChI is InChI=1S/C18H29ClFN/c1-4-7-8-14(5-2)11-17(21-6-3)12-15-9-10-16(20)13-18(15)19/h9-10,13-14,17,21H,4-8,11-12H2,1-3H3. The van der Waals surface area contributed by atoms with Crippen molar-refractivity contribution in [1.29, 1.82) is 0 Å². The summed E-state index contributed by atoms with van der Waals surface area (Å²) in [4.78, 5) is 0. The molecule has 0 saturated carbocycles. The van der Waals surface area contributed by atoms with Crippen molar-refractivity contribution in [1.82, 2.24) is 5.32 Å².